The summed E-state index contributed by atoms with van der Waals surface area (Å²) in [4.78, 5) is 0. The molecule has 0 aliphatic heterocycles. The molecule has 120 valence electrons. The lowest BCUT2D eigenvalue weighted by molar-refractivity contribution is 0.460. The summed E-state index contributed by atoms with van der Waals surface area (Å²) < 4.78 is 0. The molecule has 0 radical (unpaired) electrons. The summed E-state index contributed by atoms with van der Waals surface area (Å²) in [5, 5.41) is 19.0. The molecule has 0 heterocycles. The number of para-hydroxylation sites is 1. The fourth-order valence-corrected chi connectivity index (χ4v) is 2.28. The number of aryl methyl sites for hydroxylation is 2. The maximum atomic E-state index is 9.57. The zero-order valence-corrected chi connectivity index (χ0v) is 14.5. The summed E-state index contributed by atoms with van der Waals surface area (Å²) in [6.45, 7) is 12.3. The normalized spacial score (nSPS) is 10.5. The lowest BCUT2D eigenvalue weighted by atomic mass is 10.00. The third-order valence-electron chi connectivity index (χ3n) is 3.70. The number of phenols is 2. The van der Waals surface area contributed by atoms with Gasteiger partial charge in [-0.2, -0.15) is 0 Å². The van der Waals surface area contributed by atoms with Crippen LogP contribution in [0.25, 0.3) is 0 Å². The van der Waals surface area contributed by atoms with Crippen molar-refractivity contribution in [1.82, 2.24) is 0 Å². The van der Waals surface area contributed by atoms with Gasteiger partial charge in [-0.05, 0) is 48.4 Å². The summed E-state index contributed by atoms with van der Waals surface area (Å²) in [7, 11) is 0. The highest BCUT2D eigenvalue weighted by atomic mass is 16.3. The first-order valence-electron chi connectivity index (χ1n) is 7.82. The van der Waals surface area contributed by atoms with Gasteiger partial charge >= 0.3 is 0 Å². The fourth-order valence-electron chi connectivity index (χ4n) is 2.28. The second-order valence-electron chi connectivity index (χ2n) is 6.38. The highest BCUT2D eigenvalue weighted by Gasteiger charge is 2.06. The van der Waals surface area contributed by atoms with Crippen molar-refractivity contribution in [1.29, 1.82) is 0 Å². The summed E-state index contributed by atoms with van der Waals surface area (Å²) in [5.74, 6) is 1.65. The Morgan fingerprint density at radius 1 is 0.773 bits per heavy atom. The van der Waals surface area contributed by atoms with Crippen LogP contribution < -0.4 is 0 Å². The standard InChI is InChI=1S/2C10H14O/c1-7(2)9-6-8(3)4-5-10(9)11;1-7(2)9-6-4-5-8(3)10(9)11/h2*4-7,11H,1-3H3. The average Bonchev–Trinajstić information content (AvgIpc) is 2.44. The Morgan fingerprint density at radius 2 is 1.36 bits per heavy atom. The van der Waals surface area contributed by atoms with E-state index in [4.69, 9.17) is 0 Å². The van der Waals surface area contributed by atoms with Gasteiger partial charge in [0, 0.05) is 0 Å². The monoisotopic (exact) mass is 300 g/mol. The van der Waals surface area contributed by atoms with Gasteiger partial charge in [0.25, 0.3) is 0 Å². The molecule has 2 aromatic rings. The predicted octanol–water partition coefficient (Wildman–Crippen LogP) is 5.65. The van der Waals surface area contributed by atoms with Crippen LogP contribution in [0.2, 0.25) is 0 Å². The third kappa shape index (κ3) is 4.80. The first-order valence-corrected chi connectivity index (χ1v) is 7.82. The first kappa shape index (κ1) is 18.1. The van der Waals surface area contributed by atoms with Crippen LogP contribution >= 0.6 is 0 Å². The molecule has 0 aliphatic carbocycles. The molecule has 0 saturated heterocycles. The number of benzene rings is 2. The number of hydrogen-bond donors (Lipinski definition) is 2. The van der Waals surface area contributed by atoms with Gasteiger partial charge < -0.3 is 10.2 Å². The van der Waals surface area contributed by atoms with Crippen LogP contribution in [0.5, 0.6) is 11.5 Å². The molecular formula is C20H28O2. The maximum absolute atomic E-state index is 9.57. The second kappa shape index (κ2) is 7.88. The van der Waals surface area contributed by atoms with Crippen molar-refractivity contribution < 1.29 is 10.2 Å². The van der Waals surface area contributed by atoms with Crippen LogP contribution in [0.1, 0.15) is 61.8 Å². The summed E-state index contributed by atoms with van der Waals surface area (Å²) in [6.07, 6.45) is 0. The Labute approximate surface area is 134 Å². The largest absolute Gasteiger partial charge is 0.508 e. The van der Waals surface area contributed by atoms with Crippen molar-refractivity contribution in [2.45, 2.75) is 53.4 Å². The van der Waals surface area contributed by atoms with E-state index in [1.54, 1.807) is 6.07 Å². The van der Waals surface area contributed by atoms with E-state index in [0.29, 0.717) is 23.3 Å². The van der Waals surface area contributed by atoms with Crippen molar-refractivity contribution >= 4 is 0 Å². The number of phenolic OH excluding ortho intramolecular Hbond substituents is 2. The smallest absolute Gasteiger partial charge is 0.121 e. The van der Waals surface area contributed by atoms with Crippen LogP contribution in [0.15, 0.2) is 36.4 Å². The number of aromatic hydroxyl groups is 2. The van der Waals surface area contributed by atoms with Gasteiger partial charge in [0.2, 0.25) is 0 Å². The second-order valence-corrected chi connectivity index (χ2v) is 6.38. The van der Waals surface area contributed by atoms with E-state index in [2.05, 4.69) is 27.7 Å². The molecule has 22 heavy (non-hydrogen) atoms. The lowest BCUT2D eigenvalue weighted by Gasteiger charge is -2.09. The van der Waals surface area contributed by atoms with Gasteiger partial charge in [0.05, 0.1) is 0 Å². The molecule has 0 bridgehead atoms. The maximum Gasteiger partial charge on any atom is 0.121 e. The average molecular weight is 300 g/mol. The van der Waals surface area contributed by atoms with Crippen molar-refractivity contribution in [2.24, 2.45) is 0 Å². The van der Waals surface area contributed by atoms with E-state index in [1.807, 2.05) is 44.2 Å². The lowest BCUT2D eigenvalue weighted by Crippen LogP contribution is -1.88. The Morgan fingerprint density at radius 3 is 1.82 bits per heavy atom. The molecule has 0 spiro atoms. The SMILES string of the molecule is Cc1ccc(O)c(C(C)C)c1.Cc1cccc(C(C)C)c1O. The van der Waals surface area contributed by atoms with Crippen LogP contribution in [-0.4, -0.2) is 10.2 Å². The Balaban J connectivity index is 0.000000220. The molecule has 0 unspecified atom stereocenters. The van der Waals surface area contributed by atoms with Gasteiger partial charge in [0.1, 0.15) is 11.5 Å². The third-order valence-corrected chi connectivity index (χ3v) is 3.70. The molecule has 0 saturated carbocycles. The fraction of sp³-hybridized carbons (Fsp3) is 0.400. The quantitative estimate of drug-likeness (QED) is 0.752. The van der Waals surface area contributed by atoms with Crippen LogP contribution in [0.4, 0.5) is 0 Å². The zero-order chi connectivity index (χ0) is 16.9. The van der Waals surface area contributed by atoms with Crippen molar-refractivity contribution in [3.8, 4) is 11.5 Å². The Kier molecular flexibility index (Phi) is 6.48. The van der Waals surface area contributed by atoms with E-state index in [0.717, 1.165) is 16.7 Å². The molecule has 2 aromatic carbocycles. The molecule has 0 aliphatic rings. The minimum absolute atomic E-state index is 0.398. The zero-order valence-electron chi connectivity index (χ0n) is 14.5. The van der Waals surface area contributed by atoms with E-state index < -0.39 is 0 Å². The van der Waals surface area contributed by atoms with Crippen molar-refractivity contribution in [2.75, 3.05) is 0 Å². The van der Waals surface area contributed by atoms with Gasteiger partial charge in [0.15, 0.2) is 0 Å². The summed E-state index contributed by atoms with van der Waals surface area (Å²) >= 11 is 0. The summed E-state index contributed by atoms with van der Waals surface area (Å²) in [5.41, 5.74) is 4.22. The molecule has 0 fully saturated rings. The number of rotatable bonds is 2. The predicted molar refractivity (Wildman–Crippen MR) is 93.9 cm³/mol. The van der Waals surface area contributed by atoms with E-state index in [-0.39, 0.29) is 0 Å². The molecule has 0 atom stereocenters. The van der Waals surface area contributed by atoms with Crippen LogP contribution in [-0.2, 0) is 0 Å². The van der Waals surface area contributed by atoms with E-state index in [1.165, 1.54) is 5.56 Å². The molecule has 2 nitrogen and oxygen atoms in total. The molecule has 2 N–H and O–H groups in total. The van der Waals surface area contributed by atoms with Gasteiger partial charge in [-0.25, -0.2) is 0 Å². The minimum atomic E-state index is 0.398. The van der Waals surface area contributed by atoms with Gasteiger partial charge in [-0.15, -0.1) is 0 Å². The topological polar surface area (TPSA) is 40.5 Å². The Bertz CT molecular complexity index is 607. The molecule has 2 heteroatoms. The van der Waals surface area contributed by atoms with E-state index in [9.17, 15) is 10.2 Å². The van der Waals surface area contributed by atoms with Crippen LogP contribution in [0.3, 0.4) is 0 Å². The molecule has 0 aromatic heterocycles. The first-order chi connectivity index (χ1) is 10.2. The Hall–Kier alpha value is -1.96. The van der Waals surface area contributed by atoms with Gasteiger partial charge in [-0.1, -0.05) is 63.6 Å². The van der Waals surface area contributed by atoms with Crippen molar-refractivity contribution in [3.05, 3.63) is 58.7 Å². The molecule has 2 rings (SSSR count). The van der Waals surface area contributed by atoms with Crippen LogP contribution in [0, 0.1) is 13.8 Å². The van der Waals surface area contributed by atoms with Gasteiger partial charge in [-0.3, -0.25) is 0 Å². The highest BCUT2D eigenvalue weighted by molar-refractivity contribution is 5.41. The number of hydrogen-bond acceptors (Lipinski definition) is 2. The molecular weight excluding hydrogens is 272 g/mol. The van der Waals surface area contributed by atoms with Crippen molar-refractivity contribution in [3.63, 3.8) is 0 Å². The highest BCUT2D eigenvalue weighted by Crippen LogP contribution is 2.27. The van der Waals surface area contributed by atoms with E-state index >= 15 is 0 Å². The molecule has 0 amide bonds. The summed E-state index contributed by atoms with van der Waals surface area (Å²) in [6, 6.07) is 11.6. The minimum Gasteiger partial charge on any atom is -0.508 e.